The summed E-state index contributed by atoms with van der Waals surface area (Å²) in [5, 5.41) is 5.30. The lowest BCUT2D eigenvalue weighted by Crippen LogP contribution is -2.48. The molecule has 2 aromatic rings. The van der Waals surface area contributed by atoms with E-state index in [1.807, 2.05) is 5.38 Å². The predicted octanol–water partition coefficient (Wildman–Crippen LogP) is 0.971. The van der Waals surface area contributed by atoms with Crippen LogP contribution >= 0.6 is 23.7 Å². The Labute approximate surface area is 121 Å². The summed E-state index contributed by atoms with van der Waals surface area (Å²) in [6.07, 6.45) is 1.77. The van der Waals surface area contributed by atoms with Crippen LogP contribution in [-0.4, -0.2) is 40.0 Å². The zero-order chi connectivity index (χ0) is 12.5. The number of thiazole rings is 1. The molecule has 1 aliphatic heterocycles. The van der Waals surface area contributed by atoms with E-state index in [1.165, 1.54) is 11.3 Å². The Morgan fingerprint density at radius 3 is 3.21 bits per heavy atom. The van der Waals surface area contributed by atoms with Gasteiger partial charge in [0, 0.05) is 49.9 Å². The fourth-order valence-corrected chi connectivity index (χ4v) is 3.09. The van der Waals surface area contributed by atoms with Crippen LogP contribution in [0, 0.1) is 0 Å². The Balaban J connectivity index is 0.00000133. The number of rotatable bonds is 2. The van der Waals surface area contributed by atoms with Crippen LogP contribution in [-0.2, 0) is 6.54 Å². The van der Waals surface area contributed by atoms with Crippen LogP contribution in [0.25, 0.3) is 4.96 Å². The summed E-state index contributed by atoms with van der Waals surface area (Å²) >= 11 is 1.50. The molecule has 0 bridgehead atoms. The molecule has 1 atom stereocenters. The highest BCUT2D eigenvalue weighted by molar-refractivity contribution is 7.15. The number of fused-ring (bicyclic) bond motifs is 1. The molecular weight excluding hydrogens is 284 g/mol. The molecule has 19 heavy (non-hydrogen) atoms. The van der Waals surface area contributed by atoms with Crippen LogP contribution in [0.5, 0.6) is 0 Å². The Morgan fingerprint density at radius 2 is 2.42 bits per heavy atom. The molecule has 1 saturated heterocycles. The van der Waals surface area contributed by atoms with Crippen LogP contribution in [0.15, 0.2) is 22.4 Å². The number of piperazine rings is 1. The van der Waals surface area contributed by atoms with Crippen molar-refractivity contribution in [2.24, 2.45) is 0 Å². The largest absolute Gasteiger partial charge is 0.312 e. The molecule has 0 aromatic carbocycles. The third-order valence-electron chi connectivity index (χ3n) is 3.19. The Morgan fingerprint density at radius 1 is 1.58 bits per heavy atom. The first kappa shape index (κ1) is 14.5. The maximum absolute atomic E-state index is 11.9. The van der Waals surface area contributed by atoms with Crippen molar-refractivity contribution in [2.45, 2.75) is 19.5 Å². The van der Waals surface area contributed by atoms with Gasteiger partial charge in [0.15, 0.2) is 4.96 Å². The molecule has 0 aliphatic carbocycles. The Bertz CT molecular complexity index is 611. The van der Waals surface area contributed by atoms with Crippen molar-refractivity contribution in [2.75, 3.05) is 19.6 Å². The molecule has 0 amide bonds. The van der Waals surface area contributed by atoms with Crippen LogP contribution in [0.1, 0.15) is 12.6 Å². The number of halogens is 1. The normalized spacial score (nSPS) is 20.4. The van der Waals surface area contributed by atoms with Crippen LogP contribution in [0.3, 0.4) is 0 Å². The van der Waals surface area contributed by atoms with E-state index in [0.717, 1.165) is 36.8 Å². The van der Waals surface area contributed by atoms with E-state index in [-0.39, 0.29) is 18.0 Å². The van der Waals surface area contributed by atoms with Gasteiger partial charge in [-0.05, 0) is 6.92 Å². The molecular formula is C12H17ClN4OS. The Hall–Kier alpha value is -0.950. The summed E-state index contributed by atoms with van der Waals surface area (Å²) in [6.45, 7) is 5.95. The highest BCUT2D eigenvalue weighted by Crippen LogP contribution is 2.09. The lowest BCUT2D eigenvalue weighted by atomic mass is 10.2. The summed E-state index contributed by atoms with van der Waals surface area (Å²) in [6, 6.07) is 2.15. The molecule has 1 aliphatic rings. The van der Waals surface area contributed by atoms with Crippen molar-refractivity contribution in [3.05, 3.63) is 33.7 Å². The van der Waals surface area contributed by atoms with Crippen LogP contribution in [0.2, 0.25) is 0 Å². The van der Waals surface area contributed by atoms with Crippen molar-refractivity contribution in [3.63, 3.8) is 0 Å². The zero-order valence-corrected chi connectivity index (χ0v) is 12.3. The third-order valence-corrected chi connectivity index (χ3v) is 3.95. The lowest BCUT2D eigenvalue weighted by molar-refractivity contribution is 0.197. The highest BCUT2D eigenvalue weighted by Gasteiger charge is 2.16. The van der Waals surface area contributed by atoms with Gasteiger partial charge in [0.25, 0.3) is 5.56 Å². The van der Waals surface area contributed by atoms with E-state index in [2.05, 4.69) is 22.1 Å². The number of nitrogens with one attached hydrogen (secondary N) is 1. The minimum Gasteiger partial charge on any atom is -0.312 e. The molecule has 7 heteroatoms. The van der Waals surface area contributed by atoms with Gasteiger partial charge in [-0.3, -0.25) is 14.1 Å². The fourth-order valence-electron chi connectivity index (χ4n) is 2.35. The second kappa shape index (κ2) is 6.00. The summed E-state index contributed by atoms with van der Waals surface area (Å²) in [5.74, 6) is 0. The van der Waals surface area contributed by atoms with Crippen molar-refractivity contribution < 1.29 is 0 Å². The van der Waals surface area contributed by atoms with E-state index in [1.54, 1.807) is 16.7 Å². The number of aromatic nitrogens is 2. The monoisotopic (exact) mass is 300 g/mol. The number of hydrogen-bond donors (Lipinski definition) is 1. The Kier molecular flexibility index (Phi) is 4.57. The van der Waals surface area contributed by atoms with Gasteiger partial charge < -0.3 is 5.32 Å². The summed E-state index contributed by atoms with van der Waals surface area (Å²) < 4.78 is 1.59. The van der Waals surface area contributed by atoms with E-state index >= 15 is 0 Å². The van der Waals surface area contributed by atoms with Gasteiger partial charge in [-0.1, -0.05) is 0 Å². The molecule has 1 N–H and O–H groups in total. The molecule has 0 spiro atoms. The first-order chi connectivity index (χ1) is 8.72. The summed E-state index contributed by atoms with van der Waals surface area (Å²) in [5.41, 5.74) is 0.885. The van der Waals surface area contributed by atoms with E-state index in [4.69, 9.17) is 0 Å². The van der Waals surface area contributed by atoms with Gasteiger partial charge >= 0.3 is 0 Å². The SMILES string of the molecule is CC1CN(Cc2cc(=O)n3ccsc3n2)CCN1.Cl. The van der Waals surface area contributed by atoms with Gasteiger partial charge in [-0.15, -0.1) is 23.7 Å². The topological polar surface area (TPSA) is 49.6 Å². The van der Waals surface area contributed by atoms with Gasteiger partial charge in [0.05, 0.1) is 5.69 Å². The van der Waals surface area contributed by atoms with Gasteiger partial charge in [-0.2, -0.15) is 0 Å². The van der Waals surface area contributed by atoms with Gasteiger partial charge in [0.1, 0.15) is 0 Å². The molecule has 2 aromatic heterocycles. The average molecular weight is 301 g/mol. The number of nitrogens with zero attached hydrogens (tertiary/aromatic N) is 3. The molecule has 1 fully saturated rings. The van der Waals surface area contributed by atoms with Crippen molar-refractivity contribution in [1.29, 1.82) is 0 Å². The first-order valence-electron chi connectivity index (χ1n) is 6.14. The van der Waals surface area contributed by atoms with Gasteiger partial charge in [0.2, 0.25) is 0 Å². The van der Waals surface area contributed by atoms with Crippen LogP contribution < -0.4 is 10.9 Å². The molecule has 104 valence electrons. The predicted molar refractivity (Wildman–Crippen MR) is 79.3 cm³/mol. The minimum absolute atomic E-state index is 0. The standard InChI is InChI=1S/C12H16N4OS.ClH/c1-9-7-15(3-2-13-9)8-10-6-11(17)16-4-5-18-12(16)14-10;/h4-6,9,13H,2-3,7-8H2,1H3;1H. The van der Waals surface area contributed by atoms with E-state index in [0.29, 0.717) is 6.04 Å². The maximum atomic E-state index is 11.9. The summed E-state index contributed by atoms with van der Waals surface area (Å²) in [4.78, 5) is 19.5. The first-order valence-corrected chi connectivity index (χ1v) is 7.02. The molecule has 5 nitrogen and oxygen atoms in total. The molecule has 0 radical (unpaired) electrons. The zero-order valence-electron chi connectivity index (χ0n) is 10.7. The molecule has 3 rings (SSSR count). The third kappa shape index (κ3) is 3.14. The minimum atomic E-state index is 0. The number of hydrogen-bond acceptors (Lipinski definition) is 5. The average Bonchev–Trinajstić information content (AvgIpc) is 2.77. The smallest absolute Gasteiger partial charge is 0.258 e. The van der Waals surface area contributed by atoms with E-state index < -0.39 is 0 Å². The maximum Gasteiger partial charge on any atom is 0.258 e. The van der Waals surface area contributed by atoms with E-state index in [9.17, 15) is 4.79 Å². The second-order valence-electron chi connectivity index (χ2n) is 4.73. The molecule has 1 unspecified atom stereocenters. The molecule has 3 heterocycles. The fraction of sp³-hybridized carbons (Fsp3) is 0.500. The molecule has 0 saturated carbocycles. The van der Waals surface area contributed by atoms with Crippen molar-refractivity contribution >= 4 is 28.7 Å². The van der Waals surface area contributed by atoms with Crippen molar-refractivity contribution in [3.8, 4) is 0 Å². The van der Waals surface area contributed by atoms with Crippen LogP contribution in [0.4, 0.5) is 0 Å². The second-order valence-corrected chi connectivity index (χ2v) is 5.60. The van der Waals surface area contributed by atoms with Crippen molar-refractivity contribution in [1.82, 2.24) is 19.6 Å². The van der Waals surface area contributed by atoms with Gasteiger partial charge in [-0.25, -0.2) is 4.98 Å². The highest BCUT2D eigenvalue weighted by atomic mass is 35.5. The summed E-state index contributed by atoms with van der Waals surface area (Å²) in [7, 11) is 0. The lowest BCUT2D eigenvalue weighted by Gasteiger charge is -2.31. The quantitative estimate of drug-likeness (QED) is 0.898.